The lowest BCUT2D eigenvalue weighted by molar-refractivity contribution is -0.139. The summed E-state index contributed by atoms with van der Waals surface area (Å²) in [6.45, 7) is 1.31. The van der Waals surface area contributed by atoms with Crippen LogP contribution in [0.1, 0.15) is 30.5 Å². The summed E-state index contributed by atoms with van der Waals surface area (Å²) in [6.07, 6.45) is 4.03. The third kappa shape index (κ3) is 1.38. The van der Waals surface area contributed by atoms with Crippen LogP contribution in [0.2, 0.25) is 0 Å². The molecular formula is C11H15N3O2. The lowest BCUT2D eigenvalue weighted by Gasteiger charge is -2.33. The normalized spacial score (nSPS) is 20.4. The fourth-order valence-electron chi connectivity index (χ4n) is 2.33. The molecule has 0 saturated heterocycles. The third-order valence-electron chi connectivity index (χ3n) is 3.63. The molecule has 2 N–H and O–H groups in total. The molecule has 0 spiro atoms. The van der Waals surface area contributed by atoms with Gasteiger partial charge in [-0.15, -0.1) is 0 Å². The molecule has 2 aliphatic rings. The number of rotatable bonds is 1. The van der Waals surface area contributed by atoms with Gasteiger partial charge in [0.1, 0.15) is 0 Å². The molecule has 0 unspecified atom stereocenters. The van der Waals surface area contributed by atoms with Crippen molar-refractivity contribution in [2.24, 2.45) is 5.92 Å². The zero-order valence-electron chi connectivity index (χ0n) is 9.11. The predicted octanol–water partition coefficient (Wildman–Crippen LogP) is 0.942. The fraction of sp³-hybridized carbons (Fsp3) is 0.636. The molecule has 1 amide bonds. The second kappa shape index (κ2) is 3.50. The number of hydrogen-bond donors (Lipinski definition) is 1. The summed E-state index contributed by atoms with van der Waals surface area (Å²) in [6, 6.07) is 0. The van der Waals surface area contributed by atoms with Crippen LogP contribution in [-0.2, 0) is 17.8 Å². The monoisotopic (exact) mass is 221 g/mol. The smallest absolute Gasteiger partial charge is 0.227 e. The van der Waals surface area contributed by atoms with Crippen molar-refractivity contribution in [2.75, 3.05) is 12.3 Å². The largest absolute Gasteiger partial charge is 0.367 e. The average molecular weight is 221 g/mol. The highest BCUT2D eigenvalue weighted by Crippen LogP contribution is 2.31. The molecule has 86 valence electrons. The first kappa shape index (κ1) is 9.69. The SMILES string of the molecule is Nc1onc2c1CN(C(=O)C1CCC1)CC2. The van der Waals surface area contributed by atoms with Crippen molar-refractivity contribution in [2.45, 2.75) is 32.2 Å². The minimum absolute atomic E-state index is 0.252. The summed E-state index contributed by atoms with van der Waals surface area (Å²) >= 11 is 0. The van der Waals surface area contributed by atoms with E-state index >= 15 is 0 Å². The summed E-state index contributed by atoms with van der Waals surface area (Å²) in [4.78, 5) is 13.9. The van der Waals surface area contributed by atoms with E-state index in [9.17, 15) is 4.79 Å². The van der Waals surface area contributed by atoms with Crippen molar-refractivity contribution >= 4 is 11.8 Å². The predicted molar refractivity (Wildman–Crippen MR) is 57.4 cm³/mol. The quantitative estimate of drug-likeness (QED) is 0.766. The van der Waals surface area contributed by atoms with Crippen LogP contribution in [0.25, 0.3) is 0 Å². The van der Waals surface area contributed by atoms with Gasteiger partial charge in [-0.1, -0.05) is 11.6 Å². The molecule has 1 aliphatic carbocycles. The zero-order chi connectivity index (χ0) is 11.1. The first-order valence-corrected chi connectivity index (χ1v) is 5.77. The van der Waals surface area contributed by atoms with E-state index in [0.717, 1.165) is 37.1 Å². The summed E-state index contributed by atoms with van der Waals surface area (Å²) in [5.41, 5.74) is 7.49. The first-order valence-electron chi connectivity index (χ1n) is 5.77. The van der Waals surface area contributed by atoms with Crippen LogP contribution in [0, 0.1) is 5.92 Å². The second-order valence-electron chi connectivity index (χ2n) is 4.61. The van der Waals surface area contributed by atoms with Gasteiger partial charge in [0.2, 0.25) is 11.8 Å². The molecule has 0 bridgehead atoms. The van der Waals surface area contributed by atoms with Crippen LogP contribution < -0.4 is 5.73 Å². The number of nitrogen functional groups attached to an aromatic ring is 1. The Hall–Kier alpha value is -1.52. The van der Waals surface area contributed by atoms with E-state index in [2.05, 4.69) is 5.16 Å². The van der Waals surface area contributed by atoms with Gasteiger partial charge in [-0.3, -0.25) is 4.79 Å². The first-order chi connectivity index (χ1) is 7.75. The van der Waals surface area contributed by atoms with Crippen LogP contribution in [0.4, 0.5) is 5.88 Å². The topological polar surface area (TPSA) is 72.4 Å². The lowest BCUT2D eigenvalue weighted by atomic mass is 9.84. The molecule has 5 nitrogen and oxygen atoms in total. The number of nitrogens with zero attached hydrogens (tertiary/aromatic N) is 2. The summed E-state index contributed by atoms with van der Waals surface area (Å²) in [7, 11) is 0. The summed E-state index contributed by atoms with van der Waals surface area (Å²) in [5, 5.41) is 3.89. The van der Waals surface area contributed by atoms with Gasteiger partial charge in [0.05, 0.1) is 17.8 Å². The molecule has 1 fully saturated rings. The Balaban J connectivity index is 1.76. The molecule has 1 aromatic heterocycles. The fourth-order valence-corrected chi connectivity index (χ4v) is 2.33. The van der Waals surface area contributed by atoms with Crippen LogP contribution in [0.5, 0.6) is 0 Å². The van der Waals surface area contributed by atoms with E-state index in [1.54, 1.807) is 0 Å². The van der Waals surface area contributed by atoms with Gasteiger partial charge in [-0.25, -0.2) is 0 Å². The molecule has 1 aliphatic heterocycles. The molecule has 3 rings (SSSR count). The number of hydrogen-bond acceptors (Lipinski definition) is 4. The van der Waals surface area contributed by atoms with E-state index in [4.69, 9.17) is 10.3 Å². The summed E-state index contributed by atoms with van der Waals surface area (Å²) < 4.78 is 4.94. The molecule has 1 saturated carbocycles. The number of nitrogens with two attached hydrogens (primary N) is 1. The molecule has 0 radical (unpaired) electrons. The van der Waals surface area contributed by atoms with Crippen molar-refractivity contribution in [3.8, 4) is 0 Å². The Bertz CT molecular complexity index is 423. The van der Waals surface area contributed by atoms with Gasteiger partial charge < -0.3 is 15.2 Å². The molecule has 0 atom stereocenters. The van der Waals surface area contributed by atoms with Crippen LogP contribution in [0.3, 0.4) is 0 Å². The maximum absolute atomic E-state index is 12.1. The number of aromatic nitrogens is 1. The molecular weight excluding hydrogens is 206 g/mol. The molecule has 2 heterocycles. The van der Waals surface area contributed by atoms with Crippen LogP contribution in [0.15, 0.2) is 4.52 Å². The molecule has 5 heteroatoms. The van der Waals surface area contributed by atoms with Gasteiger partial charge in [0, 0.05) is 18.9 Å². The maximum Gasteiger partial charge on any atom is 0.227 e. The Labute approximate surface area is 93.6 Å². The third-order valence-corrected chi connectivity index (χ3v) is 3.63. The average Bonchev–Trinajstić information content (AvgIpc) is 2.57. The van der Waals surface area contributed by atoms with Crippen molar-refractivity contribution in [3.05, 3.63) is 11.3 Å². The van der Waals surface area contributed by atoms with E-state index in [0.29, 0.717) is 12.4 Å². The Morgan fingerprint density at radius 3 is 3.00 bits per heavy atom. The lowest BCUT2D eigenvalue weighted by Crippen LogP contribution is -2.41. The van der Waals surface area contributed by atoms with Crippen LogP contribution >= 0.6 is 0 Å². The highest BCUT2D eigenvalue weighted by atomic mass is 16.5. The van der Waals surface area contributed by atoms with Gasteiger partial charge in [0.15, 0.2) is 0 Å². The van der Waals surface area contributed by atoms with Gasteiger partial charge in [-0.05, 0) is 12.8 Å². The van der Waals surface area contributed by atoms with Crippen molar-refractivity contribution in [3.63, 3.8) is 0 Å². The number of anilines is 1. The molecule has 16 heavy (non-hydrogen) atoms. The van der Waals surface area contributed by atoms with E-state index in [-0.39, 0.29) is 11.8 Å². The van der Waals surface area contributed by atoms with Gasteiger partial charge >= 0.3 is 0 Å². The number of carbonyl (C=O) groups excluding carboxylic acids is 1. The van der Waals surface area contributed by atoms with Crippen molar-refractivity contribution in [1.82, 2.24) is 10.1 Å². The highest BCUT2D eigenvalue weighted by Gasteiger charge is 2.32. The molecule has 1 aromatic rings. The maximum atomic E-state index is 12.1. The summed E-state index contributed by atoms with van der Waals surface area (Å²) in [5.74, 6) is 0.890. The zero-order valence-corrected chi connectivity index (χ0v) is 9.11. The Morgan fingerprint density at radius 1 is 1.50 bits per heavy atom. The standard InChI is InChI=1S/C11H15N3O2/c12-10-8-6-14(5-4-9(8)13-16-10)11(15)7-2-1-3-7/h7H,1-6,12H2. The van der Waals surface area contributed by atoms with Gasteiger partial charge in [0.25, 0.3) is 0 Å². The van der Waals surface area contributed by atoms with Crippen molar-refractivity contribution in [1.29, 1.82) is 0 Å². The highest BCUT2D eigenvalue weighted by molar-refractivity contribution is 5.80. The van der Waals surface area contributed by atoms with Gasteiger partial charge in [-0.2, -0.15) is 0 Å². The van der Waals surface area contributed by atoms with E-state index < -0.39 is 0 Å². The minimum Gasteiger partial charge on any atom is -0.367 e. The number of fused-ring (bicyclic) bond motifs is 1. The number of amides is 1. The molecule has 0 aromatic carbocycles. The van der Waals surface area contributed by atoms with E-state index in [1.807, 2.05) is 4.90 Å². The minimum atomic E-state index is 0.252. The van der Waals surface area contributed by atoms with Crippen molar-refractivity contribution < 1.29 is 9.32 Å². The Morgan fingerprint density at radius 2 is 2.31 bits per heavy atom. The Kier molecular flexibility index (Phi) is 2.12. The van der Waals surface area contributed by atoms with Crippen LogP contribution in [-0.4, -0.2) is 22.5 Å². The number of carbonyl (C=O) groups is 1. The second-order valence-corrected chi connectivity index (χ2v) is 4.61. The van der Waals surface area contributed by atoms with E-state index in [1.165, 1.54) is 6.42 Å².